The molecule has 4 nitrogen and oxygen atoms in total. The summed E-state index contributed by atoms with van der Waals surface area (Å²) in [6.07, 6.45) is 0.166. The van der Waals surface area contributed by atoms with Crippen molar-refractivity contribution in [3.8, 4) is 0 Å². The van der Waals surface area contributed by atoms with Gasteiger partial charge < -0.3 is 10.6 Å². The number of hydrogen-bond acceptors (Lipinski definition) is 2. The molecule has 2 N–H and O–H groups in total. The Hall–Kier alpha value is -2.76. The van der Waals surface area contributed by atoms with Crippen LogP contribution in [0.3, 0.4) is 0 Å². The average Bonchev–Trinajstić information content (AvgIpc) is 2.50. The number of carbonyl (C=O) groups excluding carboxylic acids is 2. The number of carbonyl (C=O) groups is 2. The Labute approximate surface area is 126 Å². The van der Waals surface area contributed by atoms with Gasteiger partial charge in [-0.25, -0.2) is 8.78 Å². The zero-order valence-electron chi connectivity index (χ0n) is 11.6. The highest BCUT2D eigenvalue weighted by molar-refractivity contribution is 5.94. The topological polar surface area (TPSA) is 58.2 Å². The second-order valence-corrected chi connectivity index (χ2v) is 4.62. The minimum absolute atomic E-state index is 0.126. The lowest BCUT2D eigenvalue weighted by Crippen LogP contribution is -2.33. The number of nitrogens with one attached hydrogen (secondary N) is 2. The van der Waals surface area contributed by atoms with Gasteiger partial charge in [-0.05, 0) is 17.7 Å². The Morgan fingerprint density at radius 3 is 2.32 bits per heavy atom. The maximum Gasteiger partial charge on any atom is 0.243 e. The molecule has 0 aliphatic heterocycles. The zero-order chi connectivity index (χ0) is 15.9. The molecule has 2 rings (SSSR count). The molecule has 0 radical (unpaired) electrons. The molecule has 0 spiro atoms. The molecule has 0 saturated heterocycles. The first kappa shape index (κ1) is 15.6. The monoisotopic (exact) mass is 304 g/mol. The maximum atomic E-state index is 13.0. The van der Waals surface area contributed by atoms with E-state index in [0.29, 0.717) is 0 Å². The van der Waals surface area contributed by atoms with Gasteiger partial charge in [0, 0.05) is 11.8 Å². The summed E-state index contributed by atoms with van der Waals surface area (Å²) in [7, 11) is 0. The van der Waals surface area contributed by atoms with Gasteiger partial charge in [0.1, 0.15) is 0 Å². The Balaban J connectivity index is 1.80. The molecule has 2 aromatic carbocycles. The Kier molecular flexibility index (Phi) is 5.19. The van der Waals surface area contributed by atoms with E-state index in [2.05, 4.69) is 10.6 Å². The molecule has 0 bridgehead atoms. The van der Waals surface area contributed by atoms with Crippen LogP contribution < -0.4 is 10.6 Å². The lowest BCUT2D eigenvalue weighted by Gasteiger charge is -2.07. The third kappa shape index (κ3) is 4.66. The summed E-state index contributed by atoms with van der Waals surface area (Å²) in [6.45, 7) is -0.245. The summed E-state index contributed by atoms with van der Waals surface area (Å²) >= 11 is 0. The van der Waals surface area contributed by atoms with Crippen LogP contribution in [0.15, 0.2) is 48.5 Å². The van der Waals surface area contributed by atoms with Crippen LogP contribution in [0.4, 0.5) is 14.5 Å². The number of anilines is 1. The van der Waals surface area contributed by atoms with Crippen molar-refractivity contribution < 1.29 is 18.4 Å². The van der Waals surface area contributed by atoms with Crippen LogP contribution in [-0.2, 0) is 16.0 Å². The molecule has 0 fully saturated rings. The van der Waals surface area contributed by atoms with E-state index in [1.165, 1.54) is 6.07 Å². The molecule has 114 valence electrons. The van der Waals surface area contributed by atoms with Crippen LogP contribution in [0.5, 0.6) is 0 Å². The van der Waals surface area contributed by atoms with E-state index < -0.39 is 17.5 Å². The van der Waals surface area contributed by atoms with Gasteiger partial charge in [0.2, 0.25) is 11.8 Å². The normalized spacial score (nSPS) is 10.1. The van der Waals surface area contributed by atoms with Crippen molar-refractivity contribution in [1.82, 2.24) is 5.32 Å². The molecule has 0 atom stereocenters. The van der Waals surface area contributed by atoms with Gasteiger partial charge in [-0.15, -0.1) is 0 Å². The van der Waals surface area contributed by atoms with E-state index in [9.17, 15) is 18.4 Å². The predicted octanol–water partition coefficient (Wildman–Crippen LogP) is 2.26. The Morgan fingerprint density at radius 2 is 1.64 bits per heavy atom. The molecule has 0 aromatic heterocycles. The van der Waals surface area contributed by atoms with Crippen LogP contribution in [0.25, 0.3) is 0 Å². The number of amides is 2. The molecule has 22 heavy (non-hydrogen) atoms. The van der Waals surface area contributed by atoms with Gasteiger partial charge in [0.15, 0.2) is 11.6 Å². The van der Waals surface area contributed by atoms with Crippen molar-refractivity contribution in [3.63, 3.8) is 0 Å². The van der Waals surface area contributed by atoms with Crippen LogP contribution in [0.1, 0.15) is 5.56 Å². The number of rotatable bonds is 5. The third-order valence-corrected chi connectivity index (χ3v) is 2.86. The van der Waals surface area contributed by atoms with Crippen molar-refractivity contribution in [3.05, 3.63) is 65.7 Å². The summed E-state index contributed by atoms with van der Waals surface area (Å²) in [5, 5.41) is 4.83. The minimum Gasteiger partial charge on any atom is -0.347 e. The summed E-state index contributed by atoms with van der Waals surface area (Å²) in [5.74, 6) is -2.86. The van der Waals surface area contributed by atoms with Crippen molar-refractivity contribution >= 4 is 17.5 Å². The highest BCUT2D eigenvalue weighted by Gasteiger charge is 2.08. The molecule has 0 unspecified atom stereocenters. The fraction of sp³-hybridized carbons (Fsp3) is 0.125. The first-order chi connectivity index (χ1) is 10.5. The molecule has 0 aliphatic carbocycles. The number of benzene rings is 2. The smallest absolute Gasteiger partial charge is 0.243 e. The van der Waals surface area contributed by atoms with Crippen LogP contribution in [0.2, 0.25) is 0 Å². The van der Waals surface area contributed by atoms with E-state index in [0.717, 1.165) is 17.7 Å². The summed E-state index contributed by atoms with van der Waals surface area (Å²) in [5.41, 5.74) is 0.960. The lowest BCUT2D eigenvalue weighted by atomic mass is 10.1. The zero-order valence-corrected chi connectivity index (χ0v) is 11.6. The molecular formula is C16H14F2N2O2. The van der Waals surface area contributed by atoms with Gasteiger partial charge >= 0.3 is 0 Å². The van der Waals surface area contributed by atoms with Crippen molar-refractivity contribution in [2.45, 2.75) is 6.42 Å². The second kappa shape index (κ2) is 7.31. The van der Waals surface area contributed by atoms with Crippen molar-refractivity contribution in [1.29, 1.82) is 0 Å². The van der Waals surface area contributed by atoms with E-state index >= 15 is 0 Å². The Bertz CT molecular complexity index is 675. The summed E-state index contributed by atoms with van der Waals surface area (Å²) in [4.78, 5) is 23.3. The fourth-order valence-corrected chi connectivity index (χ4v) is 1.80. The number of hydrogen-bond donors (Lipinski definition) is 2. The van der Waals surface area contributed by atoms with Gasteiger partial charge in [-0.3, -0.25) is 9.59 Å². The summed E-state index contributed by atoms with van der Waals surface area (Å²) < 4.78 is 25.7. The average molecular weight is 304 g/mol. The SMILES string of the molecule is O=C(Cc1ccccc1)NCC(=O)Nc1ccc(F)c(F)c1. The van der Waals surface area contributed by atoms with Crippen LogP contribution in [-0.4, -0.2) is 18.4 Å². The molecule has 0 aliphatic rings. The lowest BCUT2D eigenvalue weighted by molar-refractivity contribution is -0.123. The van der Waals surface area contributed by atoms with Gasteiger partial charge in [-0.2, -0.15) is 0 Å². The van der Waals surface area contributed by atoms with Crippen molar-refractivity contribution in [2.24, 2.45) is 0 Å². The molecule has 2 amide bonds. The largest absolute Gasteiger partial charge is 0.347 e. The van der Waals surface area contributed by atoms with E-state index in [-0.39, 0.29) is 24.6 Å². The molecular weight excluding hydrogens is 290 g/mol. The maximum absolute atomic E-state index is 13.0. The first-order valence-corrected chi connectivity index (χ1v) is 6.60. The van der Waals surface area contributed by atoms with E-state index in [4.69, 9.17) is 0 Å². The summed E-state index contributed by atoms with van der Waals surface area (Å²) in [6, 6.07) is 12.1. The quantitative estimate of drug-likeness (QED) is 0.890. The molecule has 2 aromatic rings. The van der Waals surface area contributed by atoms with Gasteiger partial charge in [0.05, 0.1) is 13.0 Å². The highest BCUT2D eigenvalue weighted by Crippen LogP contribution is 2.12. The van der Waals surface area contributed by atoms with E-state index in [1.807, 2.05) is 18.2 Å². The predicted molar refractivity (Wildman–Crippen MR) is 78.1 cm³/mol. The highest BCUT2D eigenvalue weighted by atomic mass is 19.2. The van der Waals surface area contributed by atoms with Crippen LogP contribution >= 0.6 is 0 Å². The van der Waals surface area contributed by atoms with Crippen molar-refractivity contribution in [2.75, 3.05) is 11.9 Å². The molecule has 6 heteroatoms. The molecule has 0 heterocycles. The van der Waals surface area contributed by atoms with E-state index in [1.54, 1.807) is 12.1 Å². The van der Waals surface area contributed by atoms with Crippen LogP contribution in [0, 0.1) is 11.6 Å². The number of halogens is 2. The first-order valence-electron chi connectivity index (χ1n) is 6.60. The minimum atomic E-state index is -1.05. The Morgan fingerprint density at radius 1 is 0.909 bits per heavy atom. The van der Waals surface area contributed by atoms with Gasteiger partial charge in [-0.1, -0.05) is 30.3 Å². The second-order valence-electron chi connectivity index (χ2n) is 4.62. The standard InChI is InChI=1S/C16H14F2N2O2/c17-13-7-6-12(9-14(13)18)20-16(22)10-19-15(21)8-11-4-2-1-3-5-11/h1-7,9H,8,10H2,(H,19,21)(H,20,22). The molecule has 0 saturated carbocycles. The fourth-order valence-electron chi connectivity index (χ4n) is 1.80. The third-order valence-electron chi connectivity index (χ3n) is 2.86. The van der Waals surface area contributed by atoms with Gasteiger partial charge in [0.25, 0.3) is 0 Å².